The van der Waals surface area contributed by atoms with Crippen molar-refractivity contribution in [1.29, 1.82) is 0 Å². The highest BCUT2D eigenvalue weighted by Crippen LogP contribution is 2.39. The third-order valence-corrected chi connectivity index (χ3v) is 9.88. The molecule has 250 valence electrons. The molecule has 1 amide bonds. The van der Waals surface area contributed by atoms with Crippen molar-refractivity contribution in [3.63, 3.8) is 0 Å². The van der Waals surface area contributed by atoms with E-state index in [1.54, 1.807) is 25.0 Å². The van der Waals surface area contributed by atoms with Gasteiger partial charge in [0.15, 0.2) is 0 Å². The van der Waals surface area contributed by atoms with E-state index >= 15 is 0 Å². The first-order valence-corrected chi connectivity index (χ1v) is 17.1. The number of amides is 1. The van der Waals surface area contributed by atoms with Gasteiger partial charge in [0.25, 0.3) is 0 Å². The van der Waals surface area contributed by atoms with Crippen LogP contribution in [0.5, 0.6) is 11.5 Å². The maximum atomic E-state index is 14.4. The van der Waals surface area contributed by atoms with Gasteiger partial charge in [-0.15, -0.1) is 6.58 Å². The summed E-state index contributed by atoms with van der Waals surface area (Å²) in [5.74, 6) is 0.254. The van der Waals surface area contributed by atoms with Gasteiger partial charge in [-0.2, -0.15) is 0 Å². The number of rotatable bonds is 15. The number of carboxylic acids is 1. The molecule has 2 heterocycles. The lowest BCUT2D eigenvalue weighted by Gasteiger charge is -2.37. The molecular formula is C39H49N3O5. The molecule has 8 heteroatoms. The topological polar surface area (TPSA) is 101 Å². The number of carboxylic acid groups (broad SMARTS) is 1. The van der Waals surface area contributed by atoms with Gasteiger partial charge in [-0.3, -0.25) is 4.79 Å². The van der Waals surface area contributed by atoms with Crippen molar-refractivity contribution in [2.75, 3.05) is 20.2 Å². The largest absolute Gasteiger partial charge is 0.496 e. The molecule has 1 aromatic heterocycles. The molecule has 3 atom stereocenters. The fraction of sp³-hybridized carbons (Fsp3) is 0.462. The van der Waals surface area contributed by atoms with E-state index in [9.17, 15) is 14.7 Å². The molecule has 0 spiro atoms. The van der Waals surface area contributed by atoms with Crippen LogP contribution in [0, 0.1) is 5.92 Å². The number of pyridine rings is 1. The van der Waals surface area contributed by atoms with Crippen LogP contribution in [0.2, 0.25) is 0 Å². The number of carbonyl (C=O) groups is 2. The summed E-state index contributed by atoms with van der Waals surface area (Å²) in [6.07, 6.45) is 12.7. The minimum atomic E-state index is -1.40. The second kappa shape index (κ2) is 15.6. The van der Waals surface area contributed by atoms with Crippen LogP contribution in [0.3, 0.4) is 0 Å². The molecule has 0 unspecified atom stereocenters. The smallest absolute Gasteiger partial charge is 0.329 e. The first-order valence-electron chi connectivity index (χ1n) is 17.1. The number of benzene rings is 2. The number of nitrogens with zero attached hydrogens (tertiary/aromatic N) is 2. The predicted octanol–water partition coefficient (Wildman–Crippen LogP) is 7.66. The quantitative estimate of drug-likeness (QED) is 0.130. The Morgan fingerprint density at radius 1 is 1.09 bits per heavy atom. The summed E-state index contributed by atoms with van der Waals surface area (Å²) in [5.41, 5.74) is 1.73. The maximum Gasteiger partial charge on any atom is 0.329 e. The average molecular weight is 640 g/mol. The highest BCUT2D eigenvalue weighted by atomic mass is 16.5. The fourth-order valence-electron chi connectivity index (χ4n) is 7.19. The fourth-order valence-corrected chi connectivity index (χ4v) is 7.19. The van der Waals surface area contributed by atoms with Crippen molar-refractivity contribution in [2.45, 2.75) is 88.8 Å². The Labute approximate surface area is 278 Å². The van der Waals surface area contributed by atoms with Gasteiger partial charge in [0, 0.05) is 35.1 Å². The van der Waals surface area contributed by atoms with Crippen LogP contribution in [-0.4, -0.2) is 64.8 Å². The van der Waals surface area contributed by atoms with Crippen LogP contribution in [0.4, 0.5) is 0 Å². The molecule has 1 saturated carbocycles. The molecule has 2 aromatic carbocycles. The first-order chi connectivity index (χ1) is 22.8. The van der Waals surface area contributed by atoms with Crippen molar-refractivity contribution < 1.29 is 24.2 Å². The molecule has 1 aliphatic carbocycles. The van der Waals surface area contributed by atoms with E-state index in [0.717, 1.165) is 80.1 Å². The standard InChI is InChI=1S/C39H49N3O5/c1-5-7-8-9-16-21-40-36(29-19-14-11-15-20-29)37(43)42-26-30(25-39(42,3)38(44)45)47-35-23-32(28-17-12-10-13-18-28)41-33-24-34(46-4)27(6-2)22-31(33)35/h5-6,10,12-13,17-18,22-24,29-30,36,40H,1-2,7-9,11,14-16,19-21,25-26H2,3-4H3,(H,44,45)/t30-,36+,39+/m1/s1. The number of ether oxygens (including phenoxy) is 2. The zero-order valence-electron chi connectivity index (χ0n) is 27.9. The van der Waals surface area contributed by atoms with Gasteiger partial charge >= 0.3 is 5.97 Å². The van der Waals surface area contributed by atoms with E-state index in [0.29, 0.717) is 17.0 Å². The zero-order chi connectivity index (χ0) is 33.4. The number of aliphatic carboxylic acids is 1. The molecule has 1 aliphatic heterocycles. The summed E-state index contributed by atoms with van der Waals surface area (Å²) in [5, 5.41) is 14.9. The lowest BCUT2D eigenvalue weighted by molar-refractivity contribution is -0.156. The number of fused-ring (bicyclic) bond motifs is 1. The summed E-state index contributed by atoms with van der Waals surface area (Å²) in [7, 11) is 1.61. The van der Waals surface area contributed by atoms with E-state index < -0.39 is 23.7 Å². The Bertz CT molecular complexity index is 1570. The Balaban J connectivity index is 1.45. The minimum absolute atomic E-state index is 0.137. The van der Waals surface area contributed by atoms with Gasteiger partial charge < -0.3 is 24.8 Å². The second-order valence-electron chi connectivity index (χ2n) is 13.1. The number of hydrogen-bond donors (Lipinski definition) is 2. The monoisotopic (exact) mass is 639 g/mol. The van der Waals surface area contributed by atoms with Crippen LogP contribution in [-0.2, 0) is 9.59 Å². The summed E-state index contributed by atoms with van der Waals surface area (Å²) in [6, 6.07) is 15.1. The van der Waals surface area contributed by atoms with Crippen LogP contribution in [0.15, 0.2) is 67.8 Å². The van der Waals surface area contributed by atoms with Crippen molar-refractivity contribution in [3.05, 3.63) is 73.3 Å². The molecule has 1 saturated heterocycles. The third-order valence-electron chi connectivity index (χ3n) is 9.88. The molecule has 8 nitrogen and oxygen atoms in total. The minimum Gasteiger partial charge on any atom is -0.496 e. The van der Waals surface area contributed by atoms with E-state index in [1.807, 2.05) is 54.6 Å². The van der Waals surface area contributed by atoms with Gasteiger partial charge in [0.2, 0.25) is 5.91 Å². The SMILES string of the molecule is C=CCCCCCN[C@H](C(=O)N1C[C@H](Oc2cc(-c3ccccc3)nc3cc(OC)c(C=C)cc23)C[C@@]1(C)C(=O)O)C1CCCCC1. The third kappa shape index (κ3) is 7.70. The van der Waals surface area contributed by atoms with Crippen molar-refractivity contribution in [3.8, 4) is 22.8 Å². The normalized spacial score (nSPS) is 20.6. The number of hydrogen-bond acceptors (Lipinski definition) is 6. The van der Waals surface area contributed by atoms with Crippen LogP contribution < -0.4 is 14.8 Å². The number of allylic oxidation sites excluding steroid dienone is 1. The molecule has 0 bridgehead atoms. The number of nitrogens with one attached hydrogen (secondary N) is 1. The van der Waals surface area contributed by atoms with Crippen LogP contribution in [0.25, 0.3) is 28.2 Å². The van der Waals surface area contributed by atoms with Gasteiger partial charge in [0.05, 0.1) is 30.9 Å². The summed E-state index contributed by atoms with van der Waals surface area (Å²) in [4.78, 5) is 33.8. The lowest BCUT2D eigenvalue weighted by Crippen LogP contribution is -2.58. The van der Waals surface area contributed by atoms with Crippen molar-refractivity contribution in [1.82, 2.24) is 15.2 Å². The second-order valence-corrected chi connectivity index (χ2v) is 13.1. The Morgan fingerprint density at radius 3 is 2.53 bits per heavy atom. The summed E-state index contributed by atoms with van der Waals surface area (Å²) >= 11 is 0. The summed E-state index contributed by atoms with van der Waals surface area (Å²) < 4.78 is 12.3. The molecule has 3 aromatic rings. The Hall–Kier alpha value is -4.17. The van der Waals surface area contributed by atoms with Gasteiger partial charge in [-0.05, 0) is 57.6 Å². The number of unbranched alkanes of at least 4 members (excludes halogenated alkanes) is 3. The zero-order valence-corrected chi connectivity index (χ0v) is 27.9. The Kier molecular flexibility index (Phi) is 11.4. The van der Waals surface area contributed by atoms with E-state index in [4.69, 9.17) is 14.5 Å². The van der Waals surface area contributed by atoms with Crippen LogP contribution >= 0.6 is 0 Å². The first kappa shape index (κ1) is 34.2. The van der Waals surface area contributed by atoms with E-state index in [2.05, 4.69) is 18.5 Å². The number of aromatic nitrogens is 1. The van der Waals surface area contributed by atoms with Crippen molar-refractivity contribution in [2.24, 2.45) is 5.92 Å². The molecule has 2 N–H and O–H groups in total. The van der Waals surface area contributed by atoms with E-state index in [-0.39, 0.29) is 24.8 Å². The average Bonchev–Trinajstić information content (AvgIpc) is 3.44. The number of carbonyl (C=O) groups excluding carboxylic acids is 1. The Morgan fingerprint density at radius 2 is 1.85 bits per heavy atom. The predicted molar refractivity (Wildman–Crippen MR) is 188 cm³/mol. The van der Waals surface area contributed by atoms with E-state index in [1.165, 1.54) is 6.42 Å². The molecule has 2 aliphatic rings. The van der Waals surface area contributed by atoms with Gasteiger partial charge in [0.1, 0.15) is 23.1 Å². The molecular weight excluding hydrogens is 590 g/mol. The number of likely N-dealkylation sites (tertiary alicyclic amines) is 1. The maximum absolute atomic E-state index is 14.4. The molecule has 5 rings (SSSR count). The van der Waals surface area contributed by atoms with Gasteiger partial charge in [-0.25, -0.2) is 9.78 Å². The highest BCUT2D eigenvalue weighted by Gasteiger charge is 2.53. The van der Waals surface area contributed by atoms with Crippen molar-refractivity contribution >= 4 is 28.9 Å². The number of methoxy groups -OCH3 is 1. The highest BCUT2D eigenvalue weighted by molar-refractivity contribution is 5.92. The molecule has 47 heavy (non-hydrogen) atoms. The lowest BCUT2D eigenvalue weighted by atomic mass is 9.82. The molecule has 2 fully saturated rings. The molecule has 0 radical (unpaired) electrons. The van der Waals surface area contributed by atoms with Crippen LogP contribution in [0.1, 0.15) is 76.7 Å². The summed E-state index contributed by atoms with van der Waals surface area (Å²) in [6.45, 7) is 10.3. The van der Waals surface area contributed by atoms with Gasteiger partial charge in [-0.1, -0.05) is 74.7 Å².